The number of allylic oxidation sites excluding steroid dienone is 1. The monoisotopic (exact) mass is 351 g/mol. The summed E-state index contributed by atoms with van der Waals surface area (Å²) in [4.78, 5) is 40.5. The molecule has 0 aromatic heterocycles. The highest BCUT2D eigenvalue weighted by molar-refractivity contribution is 5.90. The lowest BCUT2D eigenvalue weighted by Crippen LogP contribution is -2.52. The molecule has 2 atom stereocenters. The Kier molecular flexibility index (Phi) is 6.08. The molecule has 0 bridgehead atoms. The molecule has 0 aliphatic carbocycles. The second kappa shape index (κ2) is 7.89. The lowest BCUT2D eigenvalue weighted by Gasteiger charge is -2.32. The van der Waals surface area contributed by atoms with Gasteiger partial charge in [0.2, 0.25) is 11.8 Å². The SMILES string of the molecule is CNC(=O)CN1C/C=C\CC[C@H]2CCN(C(=O)OC(C)(C)C)[C@@H]2C1=O. The van der Waals surface area contributed by atoms with Crippen molar-refractivity contribution in [2.75, 3.05) is 26.7 Å². The van der Waals surface area contributed by atoms with Crippen molar-refractivity contribution in [3.05, 3.63) is 12.2 Å². The average molecular weight is 351 g/mol. The van der Waals surface area contributed by atoms with E-state index in [4.69, 9.17) is 4.74 Å². The minimum Gasteiger partial charge on any atom is -0.444 e. The van der Waals surface area contributed by atoms with Crippen LogP contribution < -0.4 is 5.32 Å². The minimum absolute atomic E-state index is 0.00888. The highest BCUT2D eigenvalue weighted by Gasteiger charge is 2.44. The first-order valence-corrected chi connectivity index (χ1v) is 8.87. The number of hydrogen-bond donors (Lipinski definition) is 1. The van der Waals surface area contributed by atoms with Crippen molar-refractivity contribution >= 4 is 17.9 Å². The largest absolute Gasteiger partial charge is 0.444 e. The Morgan fingerprint density at radius 2 is 2.00 bits per heavy atom. The fourth-order valence-electron chi connectivity index (χ4n) is 3.32. The van der Waals surface area contributed by atoms with Gasteiger partial charge >= 0.3 is 6.09 Å². The zero-order chi connectivity index (χ0) is 18.6. The molecule has 1 N–H and O–H groups in total. The zero-order valence-corrected chi connectivity index (χ0v) is 15.6. The number of rotatable bonds is 2. The minimum atomic E-state index is -0.611. The van der Waals surface area contributed by atoms with Crippen molar-refractivity contribution in [2.45, 2.75) is 51.7 Å². The standard InChI is InChI=1S/C18H29N3O4/c1-18(2,3)25-17(24)21-11-9-13-8-6-5-7-10-20(12-14(22)19-4)16(23)15(13)21/h5,7,13,15H,6,8-12H2,1-4H3,(H,19,22)/b7-5-/t13-,15-/m0/s1. The van der Waals surface area contributed by atoms with E-state index in [9.17, 15) is 14.4 Å². The third kappa shape index (κ3) is 4.96. The van der Waals surface area contributed by atoms with E-state index in [-0.39, 0.29) is 24.3 Å². The van der Waals surface area contributed by atoms with Crippen LogP contribution >= 0.6 is 0 Å². The van der Waals surface area contributed by atoms with Gasteiger partial charge < -0.3 is 15.0 Å². The molecule has 7 nitrogen and oxygen atoms in total. The molecule has 0 saturated carbocycles. The number of ether oxygens (including phenoxy) is 1. The van der Waals surface area contributed by atoms with Gasteiger partial charge in [0.05, 0.1) is 6.54 Å². The van der Waals surface area contributed by atoms with E-state index in [1.165, 1.54) is 4.90 Å². The molecule has 25 heavy (non-hydrogen) atoms. The molecule has 2 heterocycles. The summed E-state index contributed by atoms with van der Waals surface area (Å²) in [7, 11) is 1.55. The third-order valence-corrected chi connectivity index (χ3v) is 4.53. The van der Waals surface area contributed by atoms with Crippen LogP contribution in [0.15, 0.2) is 12.2 Å². The van der Waals surface area contributed by atoms with Gasteiger partial charge in [0, 0.05) is 20.1 Å². The van der Waals surface area contributed by atoms with Crippen LogP contribution in [0.4, 0.5) is 4.79 Å². The Balaban J connectivity index is 2.23. The molecule has 2 aliphatic heterocycles. The van der Waals surface area contributed by atoms with Crippen LogP contribution in [0.5, 0.6) is 0 Å². The van der Waals surface area contributed by atoms with Gasteiger partial charge in [-0.2, -0.15) is 0 Å². The number of likely N-dealkylation sites (tertiary alicyclic amines) is 1. The molecule has 140 valence electrons. The topological polar surface area (TPSA) is 79.0 Å². The van der Waals surface area contributed by atoms with Crippen molar-refractivity contribution in [1.82, 2.24) is 15.1 Å². The average Bonchev–Trinajstić information content (AvgIpc) is 2.95. The molecule has 7 heteroatoms. The molecular weight excluding hydrogens is 322 g/mol. The van der Waals surface area contributed by atoms with Gasteiger partial charge in [-0.15, -0.1) is 0 Å². The highest BCUT2D eigenvalue weighted by atomic mass is 16.6. The van der Waals surface area contributed by atoms with E-state index in [1.807, 2.05) is 32.9 Å². The molecule has 2 rings (SSSR count). The van der Waals surface area contributed by atoms with Crippen LogP contribution in [-0.2, 0) is 14.3 Å². The molecular formula is C18H29N3O4. The molecule has 0 unspecified atom stereocenters. The second-order valence-corrected chi connectivity index (χ2v) is 7.61. The number of hydrogen-bond acceptors (Lipinski definition) is 4. The molecule has 0 radical (unpaired) electrons. The lowest BCUT2D eigenvalue weighted by atomic mass is 9.94. The maximum absolute atomic E-state index is 13.1. The molecule has 0 aromatic carbocycles. The maximum atomic E-state index is 13.1. The summed E-state index contributed by atoms with van der Waals surface area (Å²) >= 11 is 0. The number of likely N-dealkylation sites (N-methyl/N-ethyl adjacent to an activating group) is 1. The first kappa shape index (κ1) is 19.3. The summed E-state index contributed by atoms with van der Waals surface area (Å²) < 4.78 is 5.48. The van der Waals surface area contributed by atoms with E-state index >= 15 is 0 Å². The van der Waals surface area contributed by atoms with Gasteiger partial charge in [0.1, 0.15) is 11.6 Å². The van der Waals surface area contributed by atoms with E-state index < -0.39 is 17.7 Å². The maximum Gasteiger partial charge on any atom is 0.410 e. The van der Waals surface area contributed by atoms with Crippen molar-refractivity contribution < 1.29 is 19.1 Å². The number of nitrogens with one attached hydrogen (secondary N) is 1. The number of amides is 3. The van der Waals surface area contributed by atoms with Crippen LogP contribution in [0.25, 0.3) is 0 Å². The fraction of sp³-hybridized carbons (Fsp3) is 0.722. The Morgan fingerprint density at radius 3 is 2.64 bits per heavy atom. The van der Waals surface area contributed by atoms with Crippen LogP contribution in [0.1, 0.15) is 40.0 Å². The molecule has 0 spiro atoms. The Hall–Kier alpha value is -2.05. The van der Waals surface area contributed by atoms with E-state index in [2.05, 4.69) is 5.32 Å². The van der Waals surface area contributed by atoms with Gasteiger partial charge in [0.15, 0.2) is 0 Å². The summed E-state index contributed by atoms with van der Waals surface area (Å²) in [5, 5.41) is 2.55. The smallest absolute Gasteiger partial charge is 0.410 e. The normalized spacial score (nSPS) is 25.5. The van der Waals surface area contributed by atoms with Crippen molar-refractivity contribution in [1.29, 1.82) is 0 Å². The highest BCUT2D eigenvalue weighted by Crippen LogP contribution is 2.32. The molecule has 0 aromatic rings. The van der Waals surface area contributed by atoms with Crippen LogP contribution in [0.3, 0.4) is 0 Å². The molecule has 2 aliphatic rings. The zero-order valence-electron chi connectivity index (χ0n) is 15.6. The van der Waals surface area contributed by atoms with Crippen LogP contribution in [0, 0.1) is 5.92 Å². The molecule has 1 fully saturated rings. The Bertz CT molecular complexity index is 553. The lowest BCUT2D eigenvalue weighted by molar-refractivity contribution is -0.140. The first-order chi connectivity index (χ1) is 11.7. The first-order valence-electron chi connectivity index (χ1n) is 8.87. The second-order valence-electron chi connectivity index (χ2n) is 7.61. The number of carbonyl (C=O) groups excluding carboxylic acids is 3. The third-order valence-electron chi connectivity index (χ3n) is 4.53. The van der Waals surface area contributed by atoms with E-state index in [0.717, 1.165) is 19.3 Å². The van der Waals surface area contributed by atoms with E-state index in [1.54, 1.807) is 11.9 Å². The summed E-state index contributed by atoms with van der Waals surface area (Å²) in [5.41, 5.74) is -0.611. The summed E-state index contributed by atoms with van der Waals surface area (Å²) in [5.74, 6) is -0.308. The van der Waals surface area contributed by atoms with Gasteiger partial charge in [0.25, 0.3) is 0 Å². The Labute approximate surface area is 149 Å². The number of fused-ring (bicyclic) bond motifs is 1. The summed E-state index contributed by atoms with van der Waals surface area (Å²) in [6.07, 6.45) is 5.99. The van der Waals surface area contributed by atoms with Gasteiger partial charge in [-0.3, -0.25) is 14.5 Å². The van der Waals surface area contributed by atoms with Gasteiger partial charge in [-0.1, -0.05) is 12.2 Å². The quantitative estimate of drug-likeness (QED) is 0.766. The van der Waals surface area contributed by atoms with Crippen LogP contribution in [0.2, 0.25) is 0 Å². The predicted octanol–water partition coefficient (Wildman–Crippen LogP) is 1.54. The summed E-state index contributed by atoms with van der Waals surface area (Å²) in [6, 6.07) is -0.556. The molecule has 1 saturated heterocycles. The van der Waals surface area contributed by atoms with Crippen LogP contribution in [-0.4, -0.2) is 66.0 Å². The van der Waals surface area contributed by atoms with Crippen molar-refractivity contribution in [2.24, 2.45) is 5.92 Å². The fourth-order valence-corrected chi connectivity index (χ4v) is 3.32. The van der Waals surface area contributed by atoms with Crippen molar-refractivity contribution in [3.63, 3.8) is 0 Å². The Morgan fingerprint density at radius 1 is 1.28 bits per heavy atom. The summed E-state index contributed by atoms with van der Waals surface area (Å²) in [6.45, 7) is 6.30. The van der Waals surface area contributed by atoms with Crippen molar-refractivity contribution in [3.8, 4) is 0 Å². The number of carbonyl (C=O) groups is 3. The number of nitrogens with zero attached hydrogens (tertiary/aromatic N) is 2. The predicted molar refractivity (Wildman–Crippen MR) is 93.9 cm³/mol. The van der Waals surface area contributed by atoms with Gasteiger partial charge in [-0.05, 0) is 46.0 Å². The molecule has 3 amide bonds. The van der Waals surface area contributed by atoms with Gasteiger partial charge in [-0.25, -0.2) is 4.79 Å². The van der Waals surface area contributed by atoms with E-state index in [0.29, 0.717) is 13.1 Å².